The van der Waals surface area contributed by atoms with Gasteiger partial charge < -0.3 is 28.4 Å². The van der Waals surface area contributed by atoms with Crippen molar-refractivity contribution in [1.29, 1.82) is 0 Å². The molecule has 3 rings (SSSR count). The van der Waals surface area contributed by atoms with Crippen LogP contribution in [0.2, 0.25) is 0 Å². The van der Waals surface area contributed by atoms with Crippen LogP contribution in [0.5, 0.6) is 0 Å². The van der Waals surface area contributed by atoms with E-state index in [4.69, 9.17) is 28.4 Å². The summed E-state index contributed by atoms with van der Waals surface area (Å²) in [5.74, 6) is 1.00. The van der Waals surface area contributed by atoms with Crippen molar-refractivity contribution in [3.63, 3.8) is 0 Å². The molecule has 0 spiro atoms. The molecule has 0 N–H and O–H groups in total. The highest BCUT2D eigenvalue weighted by atomic mass is 16.7. The predicted octanol–water partition coefficient (Wildman–Crippen LogP) is 6.20. The van der Waals surface area contributed by atoms with Crippen LogP contribution in [0.1, 0.15) is 87.9 Å². The van der Waals surface area contributed by atoms with Crippen molar-refractivity contribution in [2.45, 2.75) is 76.8 Å². The van der Waals surface area contributed by atoms with Crippen LogP contribution in [-0.2, 0) is 28.4 Å². The molecule has 1 aromatic rings. The van der Waals surface area contributed by atoms with Crippen LogP contribution < -0.4 is 0 Å². The number of rotatable bonds is 16. The lowest BCUT2D eigenvalue weighted by atomic mass is 10.0. The Labute approximate surface area is 206 Å². The maximum Gasteiger partial charge on any atom is 0.183 e. The second-order valence-corrected chi connectivity index (χ2v) is 9.79. The molecule has 0 unspecified atom stereocenters. The van der Waals surface area contributed by atoms with Crippen LogP contribution in [0.25, 0.3) is 0 Å². The molecular weight excluding hydrogens is 432 g/mol. The number of unbranched alkanes of at least 4 members (excludes halogenated alkanes) is 6. The molecule has 194 valence electrons. The minimum absolute atomic E-state index is 0.270. The minimum atomic E-state index is -0.270. The van der Waals surface area contributed by atoms with Crippen molar-refractivity contribution in [3.8, 4) is 0 Å². The van der Waals surface area contributed by atoms with Crippen LogP contribution in [0, 0.1) is 11.8 Å². The van der Waals surface area contributed by atoms with E-state index in [1.807, 2.05) is 0 Å². The molecule has 0 aromatic heterocycles. The van der Waals surface area contributed by atoms with Gasteiger partial charge in [0.2, 0.25) is 0 Å². The summed E-state index contributed by atoms with van der Waals surface area (Å²) in [4.78, 5) is 0. The fourth-order valence-electron chi connectivity index (χ4n) is 4.68. The molecule has 1 aromatic carbocycles. The van der Waals surface area contributed by atoms with Crippen LogP contribution in [-0.4, -0.2) is 53.9 Å². The summed E-state index contributed by atoms with van der Waals surface area (Å²) in [5, 5.41) is 0. The Balaban J connectivity index is 1.29. The number of methoxy groups -OCH3 is 2. The van der Waals surface area contributed by atoms with E-state index >= 15 is 0 Å². The van der Waals surface area contributed by atoms with Gasteiger partial charge in [0.1, 0.15) is 0 Å². The van der Waals surface area contributed by atoms with Gasteiger partial charge in [-0.05, 0) is 25.7 Å². The van der Waals surface area contributed by atoms with Crippen LogP contribution in [0.4, 0.5) is 0 Å². The van der Waals surface area contributed by atoms with Gasteiger partial charge in [-0.15, -0.1) is 0 Å². The summed E-state index contributed by atoms with van der Waals surface area (Å²) in [6.45, 7) is 4.82. The average molecular weight is 479 g/mol. The summed E-state index contributed by atoms with van der Waals surface area (Å²) in [7, 11) is 3.53. The van der Waals surface area contributed by atoms with Crippen molar-refractivity contribution in [3.05, 3.63) is 35.4 Å². The third kappa shape index (κ3) is 9.92. The molecule has 0 radical (unpaired) electrons. The van der Waals surface area contributed by atoms with E-state index in [1.54, 1.807) is 14.2 Å². The number of hydrogen-bond donors (Lipinski definition) is 0. The molecule has 34 heavy (non-hydrogen) atoms. The van der Waals surface area contributed by atoms with Crippen molar-refractivity contribution in [1.82, 2.24) is 0 Å². The van der Waals surface area contributed by atoms with Gasteiger partial charge in [0.15, 0.2) is 12.6 Å². The second kappa shape index (κ2) is 16.6. The highest BCUT2D eigenvalue weighted by Gasteiger charge is 2.26. The molecule has 0 bridgehead atoms. The molecule has 2 aliphatic heterocycles. The van der Waals surface area contributed by atoms with Crippen LogP contribution in [0.15, 0.2) is 24.3 Å². The fourth-order valence-corrected chi connectivity index (χ4v) is 4.68. The first-order valence-corrected chi connectivity index (χ1v) is 13.3. The second-order valence-electron chi connectivity index (χ2n) is 9.79. The number of benzene rings is 1. The Morgan fingerprint density at radius 1 is 0.559 bits per heavy atom. The molecule has 2 saturated heterocycles. The van der Waals surface area contributed by atoms with Gasteiger partial charge in [-0.1, -0.05) is 62.8 Å². The van der Waals surface area contributed by atoms with Gasteiger partial charge in [0.25, 0.3) is 0 Å². The third-order valence-electron chi connectivity index (χ3n) is 6.84. The normalized spacial score (nSPS) is 25.5. The van der Waals surface area contributed by atoms with Gasteiger partial charge in [0, 0.05) is 50.4 Å². The standard InChI is InChI=1S/C28H46O6/c1-29-17-9-5-3-7-11-23-19-31-27(32-20-23)25-13-15-26(16-14-25)28-33-21-24(22-34-28)12-8-4-6-10-18-30-2/h13-16,23-24,27-28H,3-12,17-22H2,1-2H3. The first kappa shape index (κ1) is 27.6. The van der Waals surface area contributed by atoms with Crippen LogP contribution in [0.3, 0.4) is 0 Å². The Morgan fingerprint density at radius 3 is 1.26 bits per heavy atom. The van der Waals surface area contributed by atoms with Crippen molar-refractivity contribution in [2.75, 3.05) is 53.9 Å². The molecule has 0 aliphatic carbocycles. The van der Waals surface area contributed by atoms with E-state index in [0.29, 0.717) is 11.8 Å². The molecule has 0 amide bonds. The van der Waals surface area contributed by atoms with E-state index in [0.717, 1.165) is 63.6 Å². The van der Waals surface area contributed by atoms with Crippen molar-refractivity contribution in [2.24, 2.45) is 11.8 Å². The van der Waals surface area contributed by atoms with Gasteiger partial charge >= 0.3 is 0 Å². The summed E-state index contributed by atoms with van der Waals surface area (Å²) in [6.07, 6.45) is 11.6. The zero-order valence-electron chi connectivity index (χ0n) is 21.4. The summed E-state index contributed by atoms with van der Waals surface area (Å²) in [5.41, 5.74) is 2.12. The predicted molar refractivity (Wildman–Crippen MR) is 133 cm³/mol. The quantitative estimate of drug-likeness (QED) is 0.264. The highest BCUT2D eigenvalue weighted by molar-refractivity contribution is 5.24. The maximum atomic E-state index is 6.03. The van der Waals surface area contributed by atoms with Crippen LogP contribution >= 0.6 is 0 Å². The summed E-state index contributed by atoms with van der Waals surface area (Å²) in [6, 6.07) is 8.31. The Bertz CT molecular complexity index is 565. The molecule has 2 fully saturated rings. The largest absolute Gasteiger partial charge is 0.385 e. The van der Waals surface area contributed by atoms with E-state index in [-0.39, 0.29) is 12.6 Å². The van der Waals surface area contributed by atoms with E-state index in [1.165, 1.54) is 51.4 Å². The van der Waals surface area contributed by atoms with Crippen molar-refractivity contribution < 1.29 is 28.4 Å². The summed E-state index contributed by atoms with van der Waals surface area (Å²) >= 11 is 0. The Kier molecular flexibility index (Phi) is 13.5. The lowest BCUT2D eigenvalue weighted by molar-refractivity contribution is -0.207. The topological polar surface area (TPSA) is 55.4 Å². The minimum Gasteiger partial charge on any atom is -0.385 e. The van der Waals surface area contributed by atoms with Crippen molar-refractivity contribution >= 4 is 0 Å². The lowest BCUT2D eigenvalue weighted by Crippen LogP contribution is -2.28. The number of ether oxygens (including phenoxy) is 6. The van der Waals surface area contributed by atoms with Gasteiger partial charge in [-0.2, -0.15) is 0 Å². The molecular formula is C28H46O6. The monoisotopic (exact) mass is 478 g/mol. The number of hydrogen-bond acceptors (Lipinski definition) is 6. The molecule has 0 atom stereocenters. The highest BCUT2D eigenvalue weighted by Crippen LogP contribution is 2.31. The van der Waals surface area contributed by atoms with E-state index in [9.17, 15) is 0 Å². The Hall–Kier alpha value is -1.02. The zero-order valence-corrected chi connectivity index (χ0v) is 21.4. The molecule has 2 heterocycles. The smallest absolute Gasteiger partial charge is 0.183 e. The van der Waals surface area contributed by atoms with Gasteiger partial charge in [-0.25, -0.2) is 0 Å². The molecule has 2 aliphatic rings. The molecule has 6 nitrogen and oxygen atoms in total. The lowest BCUT2D eigenvalue weighted by Gasteiger charge is -2.31. The fraction of sp³-hybridized carbons (Fsp3) is 0.786. The zero-order chi connectivity index (χ0) is 23.8. The molecule has 0 saturated carbocycles. The van der Waals surface area contributed by atoms with E-state index in [2.05, 4.69) is 24.3 Å². The average Bonchev–Trinajstić information content (AvgIpc) is 2.89. The van der Waals surface area contributed by atoms with E-state index < -0.39 is 0 Å². The first-order valence-electron chi connectivity index (χ1n) is 13.3. The first-order chi connectivity index (χ1) is 16.8. The Morgan fingerprint density at radius 2 is 0.912 bits per heavy atom. The van der Waals surface area contributed by atoms with Gasteiger partial charge in [0.05, 0.1) is 26.4 Å². The maximum absolute atomic E-state index is 6.03. The third-order valence-corrected chi connectivity index (χ3v) is 6.84. The summed E-state index contributed by atoms with van der Waals surface area (Å²) < 4.78 is 34.3. The van der Waals surface area contributed by atoms with Gasteiger partial charge in [-0.3, -0.25) is 0 Å². The molecule has 6 heteroatoms. The SMILES string of the molecule is COCCCCCCC1COC(c2ccc(C3OCC(CCCCCCOC)CO3)cc2)OC1.